The van der Waals surface area contributed by atoms with Crippen LogP contribution in [0, 0.1) is 0 Å². The van der Waals surface area contributed by atoms with Crippen molar-refractivity contribution in [2.45, 2.75) is 25.3 Å². The maximum absolute atomic E-state index is 13.0. The molecule has 7 heteroatoms. The van der Waals surface area contributed by atoms with E-state index in [4.69, 9.17) is 10.5 Å². The number of benzene rings is 1. The fourth-order valence-corrected chi connectivity index (χ4v) is 3.77. The first kappa shape index (κ1) is 18.9. The number of hydrogen-bond donors (Lipinski definition) is 1. The van der Waals surface area contributed by atoms with Crippen molar-refractivity contribution in [1.29, 1.82) is 0 Å². The Balaban J connectivity index is 1.65. The van der Waals surface area contributed by atoms with Crippen molar-refractivity contribution in [3.8, 4) is 16.9 Å². The van der Waals surface area contributed by atoms with Crippen LogP contribution in [0.4, 0.5) is 5.95 Å². The zero-order valence-corrected chi connectivity index (χ0v) is 16.3. The van der Waals surface area contributed by atoms with Crippen molar-refractivity contribution < 1.29 is 9.53 Å². The van der Waals surface area contributed by atoms with Gasteiger partial charge in [0.1, 0.15) is 5.75 Å². The lowest BCUT2D eigenvalue weighted by Crippen LogP contribution is -2.32. The molecule has 1 atom stereocenters. The minimum absolute atomic E-state index is 0.0454. The van der Waals surface area contributed by atoms with E-state index in [9.17, 15) is 4.79 Å². The molecule has 2 N–H and O–H groups in total. The summed E-state index contributed by atoms with van der Waals surface area (Å²) in [6.07, 6.45) is 5.48. The summed E-state index contributed by atoms with van der Waals surface area (Å²) in [7, 11) is 1.64. The van der Waals surface area contributed by atoms with Gasteiger partial charge in [0, 0.05) is 30.2 Å². The fraction of sp³-hybridized carbons (Fsp3) is 0.273. The molecule has 1 saturated heterocycles. The van der Waals surface area contributed by atoms with Gasteiger partial charge in [0.05, 0.1) is 25.3 Å². The summed E-state index contributed by atoms with van der Waals surface area (Å²) in [5.41, 5.74) is 9.30. The van der Waals surface area contributed by atoms with Gasteiger partial charge in [-0.1, -0.05) is 18.2 Å². The second-order valence-corrected chi connectivity index (χ2v) is 7.00. The topological polar surface area (TPSA) is 94.2 Å². The van der Waals surface area contributed by atoms with Crippen molar-refractivity contribution in [2.75, 3.05) is 19.4 Å². The maximum atomic E-state index is 13.0. The van der Waals surface area contributed by atoms with Crippen molar-refractivity contribution >= 4 is 11.9 Å². The molecule has 1 amide bonds. The molecule has 2 aromatic heterocycles. The molecular weight excluding hydrogens is 366 g/mol. The number of likely N-dealkylation sites (tertiary alicyclic amines) is 1. The van der Waals surface area contributed by atoms with Gasteiger partial charge in [0.2, 0.25) is 11.9 Å². The van der Waals surface area contributed by atoms with E-state index in [0.717, 1.165) is 41.1 Å². The van der Waals surface area contributed by atoms with Gasteiger partial charge >= 0.3 is 0 Å². The molecule has 0 spiro atoms. The summed E-state index contributed by atoms with van der Waals surface area (Å²) in [5.74, 6) is 1.03. The SMILES string of the molecule is COc1ccc(-c2cnc(N)nc2[C@@H]2CCCN2C(=O)Cc2ccccn2)cc1. The standard InChI is InChI=1S/C22H23N5O2/c1-29-17-9-7-15(8-10-17)18-14-25-22(23)26-21(18)19-6-4-12-27(19)20(28)13-16-5-2-3-11-24-16/h2-3,5,7-11,14,19H,4,6,12-13H2,1H3,(H2,23,25,26)/t19-/m0/s1. The predicted octanol–water partition coefficient (Wildman–Crippen LogP) is 3.04. The molecule has 0 bridgehead atoms. The number of anilines is 1. The van der Waals surface area contributed by atoms with E-state index in [1.807, 2.05) is 47.4 Å². The van der Waals surface area contributed by atoms with E-state index in [0.29, 0.717) is 6.54 Å². The highest BCUT2D eigenvalue weighted by atomic mass is 16.5. The van der Waals surface area contributed by atoms with E-state index in [1.54, 1.807) is 19.5 Å². The summed E-state index contributed by atoms with van der Waals surface area (Å²) < 4.78 is 5.25. The minimum Gasteiger partial charge on any atom is -0.497 e. The molecule has 1 aliphatic heterocycles. The summed E-state index contributed by atoms with van der Waals surface area (Å²) >= 11 is 0. The monoisotopic (exact) mass is 389 g/mol. The van der Waals surface area contributed by atoms with E-state index >= 15 is 0 Å². The first-order valence-corrected chi connectivity index (χ1v) is 9.62. The largest absolute Gasteiger partial charge is 0.497 e. The Morgan fingerprint density at radius 3 is 2.76 bits per heavy atom. The van der Waals surface area contributed by atoms with Gasteiger partial charge in [0.15, 0.2) is 0 Å². The van der Waals surface area contributed by atoms with Gasteiger partial charge in [-0.25, -0.2) is 9.97 Å². The number of methoxy groups -OCH3 is 1. The van der Waals surface area contributed by atoms with Gasteiger partial charge in [-0.2, -0.15) is 0 Å². The summed E-state index contributed by atoms with van der Waals surface area (Å²) in [6.45, 7) is 0.697. The Kier molecular flexibility index (Phi) is 5.37. The fourth-order valence-electron chi connectivity index (χ4n) is 3.77. The molecule has 0 saturated carbocycles. The van der Waals surface area contributed by atoms with Crippen LogP contribution in [0.5, 0.6) is 5.75 Å². The number of carbonyl (C=O) groups is 1. The molecule has 148 valence electrons. The number of rotatable bonds is 5. The van der Waals surface area contributed by atoms with E-state index in [2.05, 4.69) is 15.0 Å². The average molecular weight is 389 g/mol. The second-order valence-electron chi connectivity index (χ2n) is 7.00. The zero-order valence-electron chi connectivity index (χ0n) is 16.3. The maximum Gasteiger partial charge on any atom is 0.229 e. The van der Waals surface area contributed by atoms with Crippen molar-refractivity contribution in [2.24, 2.45) is 0 Å². The molecule has 1 aliphatic rings. The third kappa shape index (κ3) is 4.03. The molecule has 1 fully saturated rings. The molecule has 0 radical (unpaired) electrons. The second kappa shape index (κ2) is 8.26. The van der Waals surface area contributed by atoms with Crippen LogP contribution in [0.25, 0.3) is 11.1 Å². The first-order valence-electron chi connectivity index (χ1n) is 9.62. The highest BCUT2D eigenvalue weighted by molar-refractivity contribution is 5.79. The van der Waals surface area contributed by atoms with Gasteiger partial charge in [-0.3, -0.25) is 9.78 Å². The molecule has 0 unspecified atom stereocenters. The third-order valence-corrected chi connectivity index (χ3v) is 5.19. The normalized spacial score (nSPS) is 16.0. The molecule has 7 nitrogen and oxygen atoms in total. The average Bonchev–Trinajstić information content (AvgIpc) is 3.24. The van der Waals surface area contributed by atoms with E-state index in [-0.39, 0.29) is 24.3 Å². The molecule has 3 heterocycles. The van der Waals surface area contributed by atoms with Crippen LogP contribution in [0.1, 0.15) is 30.3 Å². The van der Waals surface area contributed by atoms with Gasteiger partial charge < -0.3 is 15.4 Å². The van der Waals surface area contributed by atoms with Crippen molar-refractivity contribution in [1.82, 2.24) is 19.9 Å². The predicted molar refractivity (Wildman–Crippen MR) is 110 cm³/mol. The number of nitrogen functional groups attached to an aromatic ring is 1. The number of carbonyl (C=O) groups excluding carboxylic acids is 1. The number of amides is 1. The smallest absolute Gasteiger partial charge is 0.229 e. The molecule has 0 aliphatic carbocycles. The van der Waals surface area contributed by atoms with E-state index < -0.39 is 0 Å². The lowest BCUT2D eigenvalue weighted by atomic mass is 9.99. The molecular formula is C22H23N5O2. The highest BCUT2D eigenvalue weighted by Crippen LogP contribution is 2.37. The van der Waals surface area contributed by atoms with Crippen LogP contribution < -0.4 is 10.5 Å². The lowest BCUT2D eigenvalue weighted by molar-refractivity contribution is -0.131. The number of aromatic nitrogens is 3. The Hall–Kier alpha value is -3.48. The number of hydrogen-bond acceptors (Lipinski definition) is 6. The van der Waals surface area contributed by atoms with E-state index in [1.165, 1.54) is 0 Å². The van der Waals surface area contributed by atoms with Gasteiger partial charge in [0.25, 0.3) is 0 Å². The van der Waals surface area contributed by atoms with Gasteiger partial charge in [-0.05, 0) is 42.7 Å². The van der Waals surface area contributed by atoms with Crippen LogP contribution in [0.15, 0.2) is 54.9 Å². The number of nitrogens with two attached hydrogens (primary N) is 1. The molecule has 29 heavy (non-hydrogen) atoms. The Morgan fingerprint density at radius 1 is 1.21 bits per heavy atom. The minimum atomic E-state index is -0.131. The number of nitrogens with zero attached hydrogens (tertiary/aromatic N) is 4. The molecule has 4 rings (SSSR count). The van der Waals surface area contributed by atoms with Crippen LogP contribution in [-0.4, -0.2) is 39.4 Å². The van der Waals surface area contributed by atoms with Crippen LogP contribution in [0.2, 0.25) is 0 Å². The van der Waals surface area contributed by atoms with Crippen molar-refractivity contribution in [3.05, 3.63) is 66.2 Å². The zero-order chi connectivity index (χ0) is 20.2. The van der Waals surface area contributed by atoms with Crippen LogP contribution in [0.3, 0.4) is 0 Å². The van der Waals surface area contributed by atoms with Crippen molar-refractivity contribution in [3.63, 3.8) is 0 Å². The Labute approximate surface area is 169 Å². The highest BCUT2D eigenvalue weighted by Gasteiger charge is 2.33. The van der Waals surface area contributed by atoms with Crippen LogP contribution in [-0.2, 0) is 11.2 Å². The lowest BCUT2D eigenvalue weighted by Gasteiger charge is -2.26. The number of pyridine rings is 1. The quantitative estimate of drug-likeness (QED) is 0.721. The number of ether oxygens (including phenoxy) is 1. The summed E-state index contributed by atoms with van der Waals surface area (Å²) in [5, 5.41) is 0. The third-order valence-electron chi connectivity index (χ3n) is 5.19. The Morgan fingerprint density at radius 2 is 2.03 bits per heavy atom. The van der Waals surface area contributed by atoms with Crippen LogP contribution >= 0.6 is 0 Å². The van der Waals surface area contributed by atoms with Gasteiger partial charge in [-0.15, -0.1) is 0 Å². The first-order chi connectivity index (χ1) is 14.2. The Bertz CT molecular complexity index is 992. The molecule has 1 aromatic carbocycles. The molecule has 3 aromatic rings. The summed E-state index contributed by atoms with van der Waals surface area (Å²) in [6, 6.07) is 13.2. The summed E-state index contributed by atoms with van der Waals surface area (Å²) in [4.78, 5) is 27.9.